The third-order valence-electron chi connectivity index (χ3n) is 4.34. The summed E-state index contributed by atoms with van der Waals surface area (Å²) in [4.78, 5) is 0. The zero-order valence-electron chi connectivity index (χ0n) is 16.4. The van der Waals surface area contributed by atoms with Crippen molar-refractivity contribution in [1.82, 2.24) is 5.32 Å². The highest BCUT2D eigenvalue weighted by molar-refractivity contribution is 6.32. The topological polar surface area (TPSA) is 30.5 Å². The zero-order valence-corrected chi connectivity index (χ0v) is 17.1. The Morgan fingerprint density at radius 2 is 1.57 bits per heavy atom. The Hall–Kier alpha value is -2.49. The van der Waals surface area contributed by atoms with Crippen molar-refractivity contribution in [3.8, 4) is 11.5 Å². The molecule has 3 nitrogen and oxygen atoms in total. The summed E-state index contributed by atoms with van der Waals surface area (Å²) >= 11 is 6.53. The van der Waals surface area contributed by atoms with E-state index in [0.717, 1.165) is 17.7 Å². The molecular formula is C24H26ClNO2. The van der Waals surface area contributed by atoms with Gasteiger partial charge >= 0.3 is 0 Å². The van der Waals surface area contributed by atoms with Gasteiger partial charge < -0.3 is 14.8 Å². The van der Waals surface area contributed by atoms with Gasteiger partial charge in [-0.1, -0.05) is 71.8 Å². The van der Waals surface area contributed by atoms with Crippen LogP contribution < -0.4 is 14.8 Å². The van der Waals surface area contributed by atoms with Gasteiger partial charge in [0.2, 0.25) is 0 Å². The van der Waals surface area contributed by atoms with Crippen LogP contribution in [0, 0.1) is 6.92 Å². The van der Waals surface area contributed by atoms with Gasteiger partial charge in [-0.05, 0) is 42.7 Å². The fraction of sp³-hybridized carbons (Fsp3) is 0.250. The molecule has 0 atom stereocenters. The first-order valence-electron chi connectivity index (χ1n) is 9.54. The van der Waals surface area contributed by atoms with Crippen LogP contribution in [0.1, 0.15) is 29.2 Å². The first-order valence-corrected chi connectivity index (χ1v) is 9.91. The van der Waals surface area contributed by atoms with Gasteiger partial charge in [0.05, 0.1) is 11.6 Å². The lowest BCUT2D eigenvalue weighted by atomic mass is 10.1. The number of nitrogens with one attached hydrogen (secondary N) is 1. The van der Waals surface area contributed by atoms with Crippen molar-refractivity contribution in [2.75, 3.05) is 6.61 Å². The molecular weight excluding hydrogens is 370 g/mol. The van der Waals surface area contributed by atoms with Crippen LogP contribution in [0.25, 0.3) is 0 Å². The molecule has 0 aliphatic carbocycles. The molecule has 0 aliphatic heterocycles. The van der Waals surface area contributed by atoms with Crippen LogP contribution in [0.4, 0.5) is 0 Å². The number of hydrogen-bond donors (Lipinski definition) is 1. The highest BCUT2D eigenvalue weighted by atomic mass is 35.5. The quantitative estimate of drug-likeness (QED) is 0.488. The minimum absolute atomic E-state index is 0.451. The maximum Gasteiger partial charge on any atom is 0.180 e. The molecule has 3 rings (SSSR count). The molecule has 146 valence electrons. The van der Waals surface area contributed by atoms with Crippen molar-refractivity contribution in [1.29, 1.82) is 0 Å². The standard InChI is InChI=1S/C24H26ClNO2/c1-3-27-23-14-21(16-26-15-19-9-5-4-6-10-19)13-22(25)24(23)28-17-20-11-7-8-18(2)12-20/h4-14,26H,3,15-17H2,1-2H3. The molecule has 0 radical (unpaired) electrons. The van der Waals surface area contributed by atoms with E-state index in [4.69, 9.17) is 21.1 Å². The molecule has 1 N–H and O–H groups in total. The van der Waals surface area contributed by atoms with Crippen LogP contribution in [0.2, 0.25) is 5.02 Å². The lowest BCUT2D eigenvalue weighted by Gasteiger charge is -2.16. The maximum absolute atomic E-state index is 6.53. The van der Waals surface area contributed by atoms with Crippen molar-refractivity contribution in [2.24, 2.45) is 0 Å². The second-order valence-corrected chi connectivity index (χ2v) is 7.11. The van der Waals surface area contributed by atoms with Crippen LogP contribution in [0.3, 0.4) is 0 Å². The molecule has 0 bridgehead atoms. The van der Waals surface area contributed by atoms with Gasteiger partial charge in [-0.25, -0.2) is 0 Å². The number of rotatable bonds is 9. The Kier molecular flexibility index (Phi) is 7.35. The first kappa shape index (κ1) is 20.2. The molecule has 0 aliphatic rings. The van der Waals surface area contributed by atoms with E-state index in [2.05, 4.69) is 36.5 Å². The normalized spacial score (nSPS) is 10.7. The van der Waals surface area contributed by atoms with E-state index in [1.165, 1.54) is 11.1 Å². The van der Waals surface area contributed by atoms with Crippen LogP contribution in [-0.4, -0.2) is 6.61 Å². The fourth-order valence-corrected chi connectivity index (χ4v) is 3.32. The van der Waals surface area contributed by atoms with Crippen molar-refractivity contribution >= 4 is 11.6 Å². The molecule has 28 heavy (non-hydrogen) atoms. The second kappa shape index (κ2) is 10.2. The second-order valence-electron chi connectivity index (χ2n) is 6.70. The summed E-state index contributed by atoms with van der Waals surface area (Å²) in [6, 6.07) is 22.5. The molecule has 0 fully saturated rings. The lowest BCUT2D eigenvalue weighted by Crippen LogP contribution is -2.13. The molecule has 0 aromatic heterocycles. The average Bonchev–Trinajstić information content (AvgIpc) is 2.68. The highest BCUT2D eigenvalue weighted by Gasteiger charge is 2.13. The molecule has 3 aromatic rings. The van der Waals surface area contributed by atoms with Crippen LogP contribution in [0.5, 0.6) is 11.5 Å². The summed E-state index contributed by atoms with van der Waals surface area (Å²) in [5, 5.41) is 4.01. The minimum atomic E-state index is 0.451. The number of halogens is 1. The van der Waals surface area contributed by atoms with Crippen molar-refractivity contribution in [2.45, 2.75) is 33.5 Å². The van der Waals surface area contributed by atoms with Crippen molar-refractivity contribution in [3.05, 3.63) is 94.0 Å². The Morgan fingerprint density at radius 3 is 2.32 bits per heavy atom. The predicted molar refractivity (Wildman–Crippen MR) is 115 cm³/mol. The summed E-state index contributed by atoms with van der Waals surface area (Å²) in [6.07, 6.45) is 0. The summed E-state index contributed by atoms with van der Waals surface area (Å²) in [7, 11) is 0. The van der Waals surface area contributed by atoms with E-state index in [9.17, 15) is 0 Å². The lowest BCUT2D eigenvalue weighted by molar-refractivity contribution is 0.269. The zero-order chi connectivity index (χ0) is 19.8. The van der Waals surface area contributed by atoms with Crippen molar-refractivity contribution in [3.63, 3.8) is 0 Å². The molecule has 3 aromatic carbocycles. The van der Waals surface area contributed by atoms with E-state index in [0.29, 0.717) is 36.3 Å². The molecule has 0 amide bonds. The first-order chi connectivity index (χ1) is 13.7. The Bertz CT molecular complexity index is 896. The number of hydrogen-bond acceptors (Lipinski definition) is 3. The maximum atomic E-state index is 6.53. The highest BCUT2D eigenvalue weighted by Crippen LogP contribution is 2.37. The molecule has 0 heterocycles. The Labute approximate surface area is 172 Å². The fourth-order valence-electron chi connectivity index (χ4n) is 3.03. The van der Waals surface area contributed by atoms with Crippen LogP contribution >= 0.6 is 11.6 Å². The largest absolute Gasteiger partial charge is 0.490 e. The summed E-state index contributed by atoms with van der Waals surface area (Å²) < 4.78 is 11.8. The third kappa shape index (κ3) is 5.75. The number of benzene rings is 3. The third-order valence-corrected chi connectivity index (χ3v) is 4.62. The predicted octanol–water partition coefficient (Wildman–Crippen LogP) is 5.92. The average molecular weight is 396 g/mol. The van der Waals surface area contributed by atoms with Gasteiger partial charge in [0.1, 0.15) is 6.61 Å². The smallest absolute Gasteiger partial charge is 0.180 e. The molecule has 0 saturated heterocycles. The van der Waals surface area contributed by atoms with E-state index in [1.54, 1.807) is 0 Å². The summed E-state index contributed by atoms with van der Waals surface area (Å²) in [6.45, 7) is 6.53. The monoisotopic (exact) mass is 395 g/mol. The molecule has 0 spiro atoms. The molecule has 0 saturated carbocycles. The SMILES string of the molecule is CCOc1cc(CNCc2ccccc2)cc(Cl)c1OCc1cccc(C)c1. The Balaban J connectivity index is 1.68. The number of ether oxygens (including phenoxy) is 2. The van der Waals surface area contributed by atoms with Gasteiger partial charge in [-0.15, -0.1) is 0 Å². The summed E-state index contributed by atoms with van der Waals surface area (Å²) in [5.41, 5.74) is 4.62. The molecule has 4 heteroatoms. The summed E-state index contributed by atoms with van der Waals surface area (Å²) in [5.74, 6) is 1.27. The van der Waals surface area contributed by atoms with E-state index in [-0.39, 0.29) is 0 Å². The van der Waals surface area contributed by atoms with Gasteiger partial charge in [0, 0.05) is 13.1 Å². The van der Waals surface area contributed by atoms with Crippen LogP contribution in [-0.2, 0) is 19.7 Å². The van der Waals surface area contributed by atoms with Gasteiger partial charge in [0.25, 0.3) is 0 Å². The van der Waals surface area contributed by atoms with E-state index < -0.39 is 0 Å². The molecule has 0 unspecified atom stereocenters. The van der Waals surface area contributed by atoms with Gasteiger partial charge in [-0.3, -0.25) is 0 Å². The van der Waals surface area contributed by atoms with Crippen LogP contribution in [0.15, 0.2) is 66.7 Å². The Morgan fingerprint density at radius 1 is 0.821 bits per heavy atom. The number of aryl methyl sites for hydroxylation is 1. The van der Waals surface area contributed by atoms with Gasteiger partial charge in [0.15, 0.2) is 11.5 Å². The minimum Gasteiger partial charge on any atom is -0.490 e. The van der Waals surface area contributed by atoms with E-state index >= 15 is 0 Å². The van der Waals surface area contributed by atoms with Crippen molar-refractivity contribution < 1.29 is 9.47 Å². The van der Waals surface area contributed by atoms with Gasteiger partial charge in [-0.2, -0.15) is 0 Å². The van der Waals surface area contributed by atoms with E-state index in [1.807, 2.05) is 49.4 Å².